The molecule has 18 heavy (non-hydrogen) atoms. The molecule has 0 aliphatic heterocycles. The lowest BCUT2D eigenvalue weighted by Gasteiger charge is -2.07. The van der Waals surface area contributed by atoms with Gasteiger partial charge in [-0.05, 0) is 42.5 Å². The Hall–Kier alpha value is -1.88. The number of thiazole rings is 1. The number of carboxylic acids is 1. The van der Waals surface area contributed by atoms with Crippen LogP contribution in [0.15, 0.2) is 23.7 Å². The minimum absolute atomic E-state index is 0.0838. The van der Waals surface area contributed by atoms with Crippen molar-refractivity contribution in [3.63, 3.8) is 0 Å². The molecule has 0 unspecified atom stereocenters. The van der Waals surface area contributed by atoms with Crippen molar-refractivity contribution in [1.82, 2.24) is 4.98 Å². The standard InChI is InChI=1S/C13H12N2O2S/c16-13(17)11-12(18-7-14-11)15-10-5-4-8-2-1-3-9(8)6-10/h4-7,15H,1-3H2,(H,16,17). The minimum atomic E-state index is -1.00. The van der Waals surface area contributed by atoms with Crippen LogP contribution in [0.5, 0.6) is 0 Å². The summed E-state index contributed by atoms with van der Waals surface area (Å²) in [7, 11) is 0. The first-order valence-corrected chi connectivity index (χ1v) is 6.67. The third kappa shape index (κ3) is 1.97. The molecule has 2 N–H and O–H groups in total. The van der Waals surface area contributed by atoms with Gasteiger partial charge in [0.2, 0.25) is 0 Å². The number of carbonyl (C=O) groups is 1. The molecule has 1 heterocycles. The number of benzene rings is 1. The van der Waals surface area contributed by atoms with Crippen LogP contribution in [0.25, 0.3) is 0 Å². The maximum atomic E-state index is 11.0. The smallest absolute Gasteiger partial charge is 0.357 e. The molecule has 3 rings (SSSR count). The van der Waals surface area contributed by atoms with Gasteiger partial charge in [-0.15, -0.1) is 11.3 Å². The van der Waals surface area contributed by atoms with Crippen LogP contribution in [0.1, 0.15) is 28.0 Å². The fraction of sp³-hybridized carbons (Fsp3) is 0.231. The maximum Gasteiger partial charge on any atom is 0.357 e. The lowest BCUT2D eigenvalue weighted by molar-refractivity contribution is 0.0692. The molecule has 0 fully saturated rings. The quantitative estimate of drug-likeness (QED) is 0.890. The summed E-state index contributed by atoms with van der Waals surface area (Å²) in [4.78, 5) is 14.8. The van der Waals surface area contributed by atoms with Gasteiger partial charge in [0.1, 0.15) is 5.00 Å². The zero-order valence-corrected chi connectivity index (χ0v) is 10.5. The summed E-state index contributed by atoms with van der Waals surface area (Å²) in [5, 5.41) is 12.7. The second-order valence-electron chi connectivity index (χ2n) is 4.30. The number of carboxylic acid groups (broad SMARTS) is 1. The van der Waals surface area contributed by atoms with Crippen molar-refractivity contribution in [3.05, 3.63) is 40.5 Å². The average Bonchev–Trinajstić information content (AvgIpc) is 2.96. The molecular weight excluding hydrogens is 248 g/mol. The molecule has 0 amide bonds. The predicted octanol–water partition coefficient (Wildman–Crippen LogP) is 3.07. The number of nitrogens with zero attached hydrogens (tertiary/aromatic N) is 1. The number of rotatable bonds is 3. The molecule has 2 aromatic rings. The number of aromatic carboxylic acids is 1. The Morgan fingerprint density at radius 3 is 3.00 bits per heavy atom. The molecule has 1 aliphatic carbocycles. The molecule has 1 aromatic carbocycles. The third-order valence-electron chi connectivity index (χ3n) is 3.13. The molecule has 0 atom stereocenters. The molecule has 1 aliphatic rings. The van der Waals surface area contributed by atoms with E-state index in [4.69, 9.17) is 5.11 Å². The molecule has 92 valence electrons. The first kappa shape index (κ1) is 11.2. The second-order valence-corrected chi connectivity index (χ2v) is 5.15. The van der Waals surface area contributed by atoms with E-state index in [1.165, 1.54) is 28.9 Å². The van der Waals surface area contributed by atoms with Gasteiger partial charge in [0.15, 0.2) is 5.69 Å². The van der Waals surface area contributed by atoms with E-state index in [0.717, 1.165) is 18.5 Å². The van der Waals surface area contributed by atoms with Crippen molar-refractivity contribution in [3.8, 4) is 0 Å². The van der Waals surface area contributed by atoms with E-state index in [0.29, 0.717) is 5.00 Å². The van der Waals surface area contributed by atoms with Gasteiger partial charge in [-0.2, -0.15) is 0 Å². The molecular formula is C13H12N2O2S. The minimum Gasteiger partial charge on any atom is -0.476 e. The Labute approximate surface area is 108 Å². The molecule has 0 saturated heterocycles. The van der Waals surface area contributed by atoms with Crippen molar-refractivity contribution in [1.29, 1.82) is 0 Å². The van der Waals surface area contributed by atoms with Crippen molar-refractivity contribution < 1.29 is 9.90 Å². The van der Waals surface area contributed by atoms with Gasteiger partial charge in [0.25, 0.3) is 0 Å². The highest BCUT2D eigenvalue weighted by Gasteiger charge is 2.15. The summed E-state index contributed by atoms with van der Waals surface area (Å²) in [6, 6.07) is 6.22. The fourth-order valence-corrected chi connectivity index (χ4v) is 2.96. The van der Waals surface area contributed by atoms with Crippen LogP contribution < -0.4 is 5.32 Å². The molecule has 0 bridgehead atoms. The Morgan fingerprint density at radius 2 is 2.17 bits per heavy atom. The largest absolute Gasteiger partial charge is 0.476 e. The zero-order valence-electron chi connectivity index (χ0n) is 9.64. The van der Waals surface area contributed by atoms with Crippen molar-refractivity contribution >= 4 is 28.0 Å². The number of aryl methyl sites for hydroxylation is 2. The number of hydrogen-bond acceptors (Lipinski definition) is 4. The fourth-order valence-electron chi connectivity index (χ4n) is 2.27. The summed E-state index contributed by atoms with van der Waals surface area (Å²) in [6.45, 7) is 0. The highest BCUT2D eigenvalue weighted by atomic mass is 32.1. The van der Waals surface area contributed by atoms with E-state index in [9.17, 15) is 4.79 Å². The summed E-state index contributed by atoms with van der Waals surface area (Å²) in [5.41, 5.74) is 5.33. The highest BCUT2D eigenvalue weighted by molar-refractivity contribution is 7.14. The van der Waals surface area contributed by atoms with Gasteiger partial charge in [-0.25, -0.2) is 9.78 Å². The molecule has 0 spiro atoms. The van der Waals surface area contributed by atoms with Gasteiger partial charge in [-0.1, -0.05) is 6.07 Å². The van der Waals surface area contributed by atoms with Crippen LogP contribution in [0.4, 0.5) is 10.7 Å². The summed E-state index contributed by atoms with van der Waals surface area (Å²) in [6.07, 6.45) is 3.47. The van der Waals surface area contributed by atoms with Gasteiger partial charge < -0.3 is 10.4 Å². The predicted molar refractivity (Wildman–Crippen MR) is 70.8 cm³/mol. The number of anilines is 2. The Balaban J connectivity index is 1.88. The van der Waals surface area contributed by atoms with E-state index in [-0.39, 0.29) is 5.69 Å². The lowest BCUT2D eigenvalue weighted by Crippen LogP contribution is -2.01. The Morgan fingerprint density at radius 1 is 1.33 bits per heavy atom. The van der Waals surface area contributed by atoms with Gasteiger partial charge in [-0.3, -0.25) is 0 Å². The van der Waals surface area contributed by atoms with E-state index in [1.807, 2.05) is 6.07 Å². The lowest BCUT2D eigenvalue weighted by atomic mass is 10.1. The van der Waals surface area contributed by atoms with Crippen LogP contribution in [0.2, 0.25) is 0 Å². The zero-order chi connectivity index (χ0) is 12.5. The first-order chi connectivity index (χ1) is 8.74. The summed E-state index contributed by atoms with van der Waals surface area (Å²) >= 11 is 1.30. The normalized spacial score (nSPS) is 13.3. The van der Waals surface area contributed by atoms with Crippen LogP contribution in [0.3, 0.4) is 0 Å². The molecule has 1 aromatic heterocycles. The van der Waals surface area contributed by atoms with E-state index >= 15 is 0 Å². The monoisotopic (exact) mass is 260 g/mol. The molecule has 0 radical (unpaired) electrons. The SMILES string of the molecule is O=C(O)c1ncsc1Nc1ccc2c(c1)CCC2. The molecule has 0 saturated carbocycles. The Kier molecular flexibility index (Phi) is 2.76. The number of aromatic nitrogens is 1. The summed E-state index contributed by atoms with van der Waals surface area (Å²) < 4.78 is 0. The number of hydrogen-bond donors (Lipinski definition) is 2. The van der Waals surface area contributed by atoms with E-state index in [1.54, 1.807) is 5.51 Å². The van der Waals surface area contributed by atoms with E-state index in [2.05, 4.69) is 22.4 Å². The second kappa shape index (κ2) is 4.42. The van der Waals surface area contributed by atoms with E-state index < -0.39 is 5.97 Å². The van der Waals surface area contributed by atoms with Crippen LogP contribution in [-0.4, -0.2) is 16.1 Å². The van der Waals surface area contributed by atoms with Crippen molar-refractivity contribution in [2.45, 2.75) is 19.3 Å². The number of nitrogens with one attached hydrogen (secondary N) is 1. The molecule has 4 nitrogen and oxygen atoms in total. The summed E-state index contributed by atoms with van der Waals surface area (Å²) in [5.74, 6) is -1.00. The first-order valence-electron chi connectivity index (χ1n) is 5.79. The van der Waals surface area contributed by atoms with Gasteiger partial charge in [0, 0.05) is 5.69 Å². The van der Waals surface area contributed by atoms with Crippen LogP contribution in [-0.2, 0) is 12.8 Å². The van der Waals surface area contributed by atoms with Crippen LogP contribution >= 0.6 is 11.3 Å². The third-order valence-corrected chi connectivity index (χ3v) is 3.87. The van der Waals surface area contributed by atoms with Crippen LogP contribution in [0, 0.1) is 0 Å². The Bertz CT molecular complexity index is 607. The van der Waals surface area contributed by atoms with Crippen molar-refractivity contribution in [2.75, 3.05) is 5.32 Å². The maximum absolute atomic E-state index is 11.0. The molecule has 5 heteroatoms. The van der Waals surface area contributed by atoms with Gasteiger partial charge >= 0.3 is 5.97 Å². The van der Waals surface area contributed by atoms with Gasteiger partial charge in [0.05, 0.1) is 5.51 Å². The highest BCUT2D eigenvalue weighted by Crippen LogP contribution is 2.29. The topological polar surface area (TPSA) is 62.2 Å². The van der Waals surface area contributed by atoms with Crippen molar-refractivity contribution in [2.24, 2.45) is 0 Å². The number of fused-ring (bicyclic) bond motifs is 1. The average molecular weight is 260 g/mol.